The molecule has 2 aliphatic rings. The van der Waals surface area contributed by atoms with Crippen LogP contribution in [0.1, 0.15) is 0 Å². The number of aliphatic hydroxyl groups is 7. The van der Waals surface area contributed by atoms with Crippen molar-refractivity contribution >= 4 is 0 Å². The molecule has 2 aliphatic heterocycles. The topological polar surface area (TPSA) is 181 Å². The number of ether oxygens (including phenoxy) is 3. The maximum absolute atomic E-state index is 10.2. The van der Waals surface area contributed by atoms with Crippen molar-refractivity contribution in [1.29, 1.82) is 0 Å². The third-order valence-corrected chi connectivity index (χ3v) is 4.29. The molecule has 2 fully saturated rings. The van der Waals surface area contributed by atoms with E-state index in [2.05, 4.69) is 5.32 Å². The Labute approximate surface area is 138 Å². The van der Waals surface area contributed by atoms with Crippen molar-refractivity contribution in [3.05, 3.63) is 0 Å². The number of likely N-dealkylation sites (N-methyl/N-ethyl adjacent to an activating group) is 1. The highest BCUT2D eigenvalue weighted by molar-refractivity contribution is 4.94. The largest absolute Gasteiger partial charge is 0.394 e. The van der Waals surface area contributed by atoms with Gasteiger partial charge < -0.3 is 50.0 Å². The van der Waals surface area contributed by atoms with E-state index in [0.717, 1.165) is 0 Å². The molecule has 0 radical (unpaired) electrons. The van der Waals surface area contributed by atoms with Crippen LogP contribution in [0.2, 0.25) is 0 Å². The van der Waals surface area contributed by atoms with Crippen molar-refractivity contribution in [3.8, 4) is 0 Å². The van der Waals surface area contributed by atoms with Crippen molar-refractivity contribution in [2.24, 2.45) is 0 Å². The van der Waals surface area contributed by atoms with Gasteiger partial charge in [0, 0.05) is 0 Å². The first-order chi connectivity index (χ1) is 11.3. The summed E-state index contributed by atoms with van der Waals surface area (Å²) in [5, 5.41) is 70.9. The fraction of sp³-hybridized carbons (Fsp3) is 1.00. The number of aliphatic hydroxyl groups excluding tert-OH is 7. The van der Waals surface area contributed by atoms with Gasteiger partial charge in [-0.25, -0.2) is 0 Å². The molecule has 0 aliphatic carbocycles. The van der Waals surface area contributed by atoms with Gasteiger partial charge in [-0.3, -0.25) is 5.32 Å². The highest BCUT2D eigenvalue weighted by atomic mass is 16.7. The predicted octanol–water partition coefficient (Wildman–Crippen LogP) is -5.17. The van der Waals surface area contributed by atoms with Crippen molar-refractivity contribution < 1.29 is 50.0 Å². The summed E-state index contributed by atoms with van der Waals surface area (Å²) >= 11 is 0. The lowest BCUT2D eigenvalue weighted by Gasteiger charge is -2.46. The van der Waals surface area contributed by atoms with E-state index in [-0.39, 0.29) is 0 Å². The van der Waals surface area contributed by atoms with Crippen molar-refractivity contribution in [3.63, 3.8) is 0 Å². The molecule has 10 atom stereocenters. The fourth-order valence-corrected chi connectivity index (χ4v) is 2.82. The zero-order chi connectivity index (χ0) is 18.0. The average Bonchev–Trinajstić information content (AvgIpc) is 2.58. The molecular weight excluding hydrogens is 330 g/mol. The first-order valence-electron chi connectivity index (χ1n) is 7.61. The summed E-state index contributed by atoms with van der Waals surface area (Å²) < 4.78 is 15.9. The van der Waals surface area contributed by atoms with Gasteiger partial charge in [0.05, 0.1) is 13.2 Å². The zero-order valence-electron chi connectivity index (χ0n) is 13.0. The minimum absolute atomic E-state index is 0.541. The monoisotopic (exact) mass is 355 g/mol. The van der Waals surface area contributed by atoms with E-state index < -0.39 is 74.6 Å². The summed E-state index contributed by atoms with van der Waals surface area (Å²) in [6.45, 7) is -1.18. The molecule has 11 heteroatoms. The molecule has 10 unspecified atom stereocenters. The van der Waals surface area contributed by atoms with Gasteiger partial charge in [-0.05, 0) is 7.05 Å². The predicted molar refractivity (Wildman–Crippen MR) is 75.5 cm³/mol. The Kier molecular flexibility index (Phi) is 6.87. The highest BCUT2D eigenvalue weighted by Gasteiger charge is 2.50. The minimum atomic E-state index is -1.68. The summed E-state index contributed by atoms with van der Waals surface area (Å²) in [7, 11) is 1.49. The van der Waals surface area contributed by atoms with Crippen molar-refractivity contribution in [2.75, 3.05) is 20.3 Å². The smallest absolute Gasteiger partial charge is 0.187 e. The number of rotatable bonds is 5. The van der Waals surface area contributed by atoms with Gasteiger partial charge in [0.1, 0.15) is 55.1 Å². The Morgan fingerprint density at radius 1 is 0.792 bits per heavy atom. The molecule has 11 nitrogen and oxygen atoms in total. The SMILES string of the molecule is CNC1OC(CO)C(O)C(OC2OC(CO)C(O)C(O)C2O)C1O. The molecule has 8 N–H and O–H groups in total. The summed E-state index contributed by atoms with van der Waals surface area (Å²) in [6.07, 6.45) is -13.7. The molecule has 2 saturated heterocycles. The van der Waals surface area contributed by atoms with Gasteiger partial charge in [-0.2, -0.15) is 0 Å². The van der Waals surface area contributed by atoms with E-state index in [1.807, 2.05) is 0 Å². The molecule has 2 rings (SSSR count). The highest BCUT2D eigenvalue weighted by Crippen LogP contribution is 2.28. The van der Waals surface area contributed by atoms with E-state index in [4.69, 9.17) is 19.3 Å². The molecule has 142 valence electrons. The Balaban J connectivity index is 2.14. The van der Waals surface area contributed by atoms with E-state index in [1.165, 1.54) is 7.05 Å². The molecule has 0 bridgehead atoms. The van der Waals surface area contributed by atoms with E-state index in [0.29, 0.717) is 0 Å². The van der Waals surface area contributed by atoms with Crippen LogP contribution in [0, 0.1) is 0 Å². The van der Waals surface area contributed by atoms with Crippen LogP contribution in [0.3, 0.4) is 0 Å². The molecule has 0 aromatic heterocycles. The fourth-order valence-electron chi connectivity index (χ4n) is 2.82. The molecule has 0 spiro atoms. The first kappa shape index (κ1) is 19.9. The van der Waals surface area contributed by atoms with Crippen LogP contribution in [0.15, 0.2) is 0 Å². The average molecular weight is 355 g/mol. The van der Waals surface area contributed by atoms with E-state index >= 15 is 0 Å². The van der Waals surface area contributed by atoms with Crippen LogP contribution >= 0.6 is 0 Å². The minimum Gasteiger partial charge on any atom is -0.394 e. The van der Waals surface area contributed by atoms with Gasteiger partial charge >= 0.3 is 0 Å². The van der Waals surface area contributed by atoms with Crippen LogP contribution in [0.25, 0.3) is 0 Å². The van der Waals surface area contributed by atoms with E-state index in [9.17, 15) is 30.6 Å². The second-order valence-corrected chi connectivity index (χ2v) is 5.85. The Hall–Kier alpha value is -0.440. The normalized spacial score (nSPS) is 50.0. The third-order valence-electron chi connectivity index (χ3n) is 4.29. The number of hydrogen-bond donors (Lipinski definition) is 8. The number of nitrogens with one attached hydrogen (secondary N) is 1. The lowest BCUT2D eigenvalue weighted by atomic mass is 9.96. The second kappa shape index (κ2) is 8.29. The molecule has 2 heterocycles. The standard InChI is InChI=1S/C13H25NO10/c1-14-12-10(21)11(7(18)5(3-16)22-12)24-13-9(20)8(19)6(17)4(2-15)23-13/h4-21H,2-3H2,1H3. The summed E-state index contributed by atoms with van der Waals surface area (Å²) in [6, 6.07) is 0. The summed E-state index contributed by atoms with van der Waals surface area (Å²) in [5.74, 6) is 0. The zero-order valence-corrected chi connectivity index (χ0v) is 13.0. The Bertz CT molecular complexity index is 383. The summed E-state index contributed by atoms with van der Waals surface area (Å²) in [5.41, 5.74) is 0. The van der Waals surface area contributed by atoms with Gasteiger partial charge in [-0.15, -0.1) is 0 Å². The Morgan fingerprint density at radius 3 is 1.92 bits per heavy atom. The second-order valence-electron chi connectivity index (χ2n) is 5.85. The van der Waals surface area contributed by atoms with Crippen LogP contribution in [-0.2, 0) is 14.2 Å². The van der Waals surface area contributed by atoms with Gasteiger partial charge in [0.25, 0.3) is 0 Å². The van der Waals surface area contributed by atoms with Crippen LogP contribution < -0.4 is 5.32 Å². The lowest BCUT2D eigenvalue weighted by Crippen LogP contribution is -2.66. The first-order valence-corrected chi connectivity index (χ1v) is 7.61. The van der Waals surface area contributed by atoms with Crippen molar-refractivity contribution in [2.45, 2.75) is 61.3 Å². The third kappa shape index (κ3) is 3.71. The maximum atomic E-state index is 10.2. The van der Waals surface area contributed by atoms with Crippen molar-refractivity contribution in [1.82, 2.24) is 5.32 Å². The van der Waals surface area contributed by atoms with Crippen LogP contribution in [0.4, 0.5) is 0 Å². The van der Waals surface area contributed by atoms with Crippen LogP contribution in [0.5, 0.6) is 0 Å². The molecule has 24 heavy (non-hydrogen) atoms. The van der Waals surface area contributed by atoms with Gasteiger partial charge in [-0.1, -0.05) is 0 Å². The maximum Gasteiger partial charge on any atom is 0.187 e. The molecular formula is C13H25NO10. The molecule has 0 aromatic carbocycles. The summed E-state index contributed by atoms with van der Waals surface area (Å²) in [4.78, 5) is 0. The van der Waals surface area contributed by atoms with Gasteiger partial charge in [0.2, 0.25) is 0 Å². The van der Waals surface area contributed by atoms with Crippen LogP contribution in [-0.4, -0.2) is 117 Å². The molecule has 0 aromatic rings. The molecule has 0 amide bonds. The quantitative estimate of drug-likeness (QED) is 0.236. The lowest BCUT2D eigenvalue weighted by molar-refractivity contribution is -0.342. The number of hydrogen-bond acceptors (Lipinski definition) is 11. The van der Waals surface area contributed by atoms with E-state index in [1.54, 1.807) is 0 Å². The molecule has 0 saturated carbocycles. The Morgan fingerprint density at radius 2 is 1.38 bits per heavy atom. The van der Waals surface area contributed by atoms with Gasteiger partial charge in [0.15, 0.2) is 6.29 Å².